The lowest BCUT2D eigenvalue weighted by atomic mass is 9.82. The van der Waals surface area contributed by atoms with Crippen LogP contribution < -0.4 is 5.73 Å². The molecule has 0 aliphatic carbocycles. The van der Waals surface area contributed by atoms with Gasteiger partial charge in [-0.25, -0.2) is 9.59 Å². The molecule has 4 N–H and O–H groups in total. The van der Waals surface area contributed by atoms with Gasteiger partial charge in [0.25, 0.3) is 0 Å². The molecule has 1 aromatic carbocycles. The minimum atomic E-state index is -0.870. The molecule has 1 heterocycles. The predicted octanol–water partition coefficient (Wildman–Crippen LogP) is 6.91. The standard InChI is InChI=1S/C33H42BrNO6/c1-22-12-10-16-29(37)41-28(24(3)18-17-23(2)21-25(20-22)40-32(35)39)15-8-6-7-9-19-33(4,5)31(38)26-13-11-14-27(36)30(26)34/h8-11,13-19,22-25,28,31,36,38H,12,20-21H2,1-5H3,(H2,35,39). The van der Waals surface area contributed by atoms with Crippen molar-refractivity contribution in [1.82, 2.24) is 0 Å². The van der Waals surface area contributed by atoms with E-state index < -0.39 is 29.7 Å². The average molecular weight is 629 g/mol. The lowest BCUT2D eigenvalue weighted by Crippen LogP contribution is -2.26. The zero-order valence-corrected chi connectivity index (χ0v) is 26.0. The number of aromatic hydroxyl groups is 1. The highest BCUT2D eigenvalue weighted by atomic mass is 79.9. The maximum Gasteiger partial charge on any atom is 0.404 e. The van der Waals surface area contributed by atoms with Crippen LogP contribution in [0.5, 0.6) is 5.75 Å². The van der Waals surface area contributed by atoms with Crippen LogP contribution in [0.3, 0.4) is 0 Å². The van der Waals surface area contributed by atoms with E-state index in [0.29, 0.717) is 29.3 Å². The number of carbonyl (C=O) groups is 2. The zero-order chi connectivity index (χ0) is 30.6. The number of primary amides is 1. The van der Waals surface area contributed by atoms with Gasteiger partial charge in [-0.2, -0.15) is 0 Å². The molecule has 1 aliphatic heterocycles. The first kappa shape index (κ1) is 33.9. The number of halogens is 1. The summed E-state index contributed by atoms with van der Waals surface area (Å²) in [5.41, 5.74) is 5.21. The molecule has 0 saturated carbocycles. The number of aliphatic hydroxyl groups excluding tert-OH is 1. The van der Waals surface area contributed by atoms with Crippen molar-refractivity contribution in [3.8, 4) is 17.6 Å². The topological polar surface area (TPSA) is 119 Å². The number of nitrogens with two attached hydrogens (primary N) is 1. The Balaban J connectivity index is 2.15. The summed E-state index contributed by atoms with van der Waals surface area (Å²) in [4.78, 5) is 23.9. The number of hydrogen-bond donors (Lipinski definition) is 3. The highest BCUT2D eigenvalue weighted by molar-refractivity contribution is 9.10. The maximum absolute atomic E-state index is 12.5. The van der Waals surface area contributed by atoms with E-state index in [0.717, 1.165) is 0 Å². The van der Waals surface area contributed by atoms with Crippen LogP contribution in [-0.2, 0) is 14.3 Å². The number of benzene rings is 1. The Bertz CT molecular complexity index is 1220. The number of amides is 1. The Morgan fingerprint density at radius 2 is 1.90 bits per heavy atom. The number of esters is 1. The Kier molecular flexibility index (Phi) is 13.4. The highest BCUT2D eigenvalue weighted by Gasteiger charge is 2.28. The SMILES string of the molecule is CC1C=CC(C)C(C=CC#CC=CC(C)(C)C(O)c2cccc(O)c2Br)OC(=O)C=CCC(C)CC(OC(N)=O)C1. The van der Waals surface area contributed by atoms with Crippen LogP contribution in [0.25, 0.3) is 0 Å². The van der Waals surface area contributed by atoms with Crippen LogP contribution in [0, 0.1) is 35.0 Å². The zero-order valence-electron chi connectivity index (χ0n) is 24.4. The molecule has 1 aliphatic rings. The molecular weight excluding hydrogens is 586 g/mol. The second-order valence-corrected chi connectivity index (χ2v) is 12.1. The lowest BCUT2D eigenvalue weighted by molar-refractivity contribution is -0.142. The third-order valence-corrected chi connectivity index (χ3v) is 7.81. The van der Waals surface area contributed by atoms with E-state index in [1.807, 2.05) is 52.8 Å². The van der Waals surface area contributed by atoms with Gasteiger partial charge in [0.15, 0.2) is 0 Å². The molecule has 7 nitrogen and oxygen atoms in total. The number of hydrogen-bond acceptors (Lipinski definition) is 6. The Labute approximate surface area is 252 Å². The van der Waals surface area contributed by atoms with E-state index in [1.54, 1.807) is 42.5 Å². The number of ether oxygens (including phenoxy) is 2. The molecular formula is C33H42BrNO6. The number of allylic oxidation sites excluding steroid dienone is 4. The Morgan fingerprint density at radius 1 is 1.20 bits per heavy atom. The maximum atomic E-state index is 12.5. The molecule has 6 atom stereocenters. The van der Waals surface area contributed by atoms with Crippen molar-refractivity contribution in [2.24, 2.45) is 28.9 Å². The molecule has 8 heteroatoms. The van der Waals surface area contributed by atoms with Gasteiger partial charge < -0.3 is 25.4 Å². The molecule has 2 rings (SSSR count). The lowest BCUT2D eigenvalue weighted by Gasteiger charge is -2.28. The van der Waals surface area contributed by atoms with E-state index in [1.165, 1.54) is 6.08 Å². The molecule has 0 fully saturated rings. The molecule has 1 amide bonds. The quantitative estimate of drug-likeness (QED) is 0.185. The number of carbonyl (C=O) groups excluding carboxylic acids is 2. The minimum absolute atomic E-state index is 0.0645. The summed E-state index contributed by atoms with van der Waals surface area (Å²) >= 11 is 3.34. The Morgan fingerprint density at radius 3 is 2.61 bits per heavy atom. The summed E-state index contributed by atoms with van der Waals surface area (Å²) in [6.07, 6.45) is 13.6. The first-order chi connectivity index (χ1) is 19.3. The second-order valence-electron chi connectivity index (χ2n) is 11.3. The van der Waals surface area contributed by atoms with Crippen molar-refractivity contribution in [2.45, 2.75) is 72.2 Å². The normalized spacial score (nSPS) is 25.2. The van der Waals surface area contributed by atoms with Crippen LogP contribution in [0.15, 0.2) is 71.3 Å². The molecule has 0 spiro atoms. The van der Waals surface area contributed by atoms with Crippen LogP contribution in [0.4, 0.5) is 4.79 Å². The summed E-state index contributed by atoms with van der Waals surface area (Å²) in [7, 11) is 0. The van der Waals surface area contributed by atoms with Gasteiger partial charge in [-0.3, -0.25) is 0 Å². The van der Waals surface area contributed by atoms with Gasteiger partial charge in [0.05, 0.1) is 10.6 Å². The number of rotatable bonds is 5. The van der Waals surface area contributed by atoms with E-state index in [2.05, 4.69) is 27.8 Å². The first-order valence-electron chi connectivity index (χ1n) is 13.8. The monoisotopic (exact) mass is 627 g/mol. The van der Waals surface area contributed by atoms with Crippen LogP contribution in [0.2, 0.25) is 0 Å². The average Bonchev–Trinajstić information content (AvgIpc) is 2.88. The summed E-state index contributed by atoms with van der Waals surface area (Å²) in [5, 5.41) is 20.8. The van der Waals surface area contributed by atoms with Crippen LogP contribution in [-0.4, -0.2) is 34.5 Å². The first-order valence-corrected chi connectivity index (χ1v) is 14.6. The fraction of sp³-hybridized carbons (Fsp3) is 0.455. The van der Waals surface area contributed by atoms with Crippen molar-refractivity contribution in [3.05, 3.63) is 76.8 Å². The van der Waals surface area contributed by atoms with Gasteiger partial charge >= 0.3 is 12.1 Å². The number of cyclic esters (lactones) is 1. The summed E-state index contributed by atoms with van der Waals surface area (Å²) < 4.78 is 11.5. The molecule has 0 aromatic heterocycles. The van der Waals surface area contributed by atoms with Gasteiger partial charge in [0.2, 0.25) is 0 Å². The smallest absolute Gasteiger partial charge is 0.404 e. The van der Waals surface area contributed by atoms with Gasteiger partial charge in [0, 0.05) is 17.4 Å². The van der Waals surface area contributed by atoms with Gasteiger partial charge in [-0.05, 0) is 76.9 Å². The molecule has 222 valence electrons. The Hall–Kier alpha value is -3.28. The third kappa shape index (κ3) is 11.6. The fourth-order valence-electron chi connectivity index (χ4n) is 4.50. The summed E-state index contributed by atoms with van der Waals surface area (Å²) in [6.45, 7) is 9.79. The van der Waals surface area contributed by atoms with Crippen molar-refractivity contribution < 1.29 is 29.3 Å². The van der Waals surface area contributed by atoms with Crippen molar-refractivity contribution >= 4 is 28.0 Å². The number of phenols is 1. The van der Waals surface area contributed by atoms with Crippen LogP contribution in [0.1, 0.15) is 65.5 Å². The fourth-order valence-corrected chi connectivity index (χ4v) is 4.98. The number of aliphatic hydroxyl groups is 1. The number of phenolic OH excluding ortho intramolecular Hbond substituents is 1. The molecule has 6 unspecified atom stereocenters. The summed E-state index contributed by atoms with van der Waals surface area (Å²) in [6, 6.07) is 4.99. The van der Waals surface area contributed by atoms with Crippen LogP contribution >= 0.6 is 15.9 Å². The van der Waals surface area contributed by atoms with E-state index in [-0.39, 0.29) is 29.6 Å². The van der Waals surface area contributed by atoms with Gasteiger partial charge in [-0.1, -0.05) is 82.9 Å². The largest absolute Gasteiger partial charge is 0.507 e. The predicted molar refractivity (Wildman–Crippen MR) is 165 cm³/mol. The van der Waals surface area contributed by atoms with E-state index >= 15 is 0 Å². The molecule has 0 bridgehead atoms. The van der Waals surface area contributed by atoms with Gasteiger partial charge in [0.1, 0.15) is 18.0 Å². The minimum Gasteiger partial charge on any atom is -0.507 e. The second kappa shape index (κ2) is 16.2. The molecule has 0 saturated heterocycles. The van der Waals surface area contributed by atoms with E-state index in [4.69, 9.17) is 15.2 Å². The molecule has 1 aromatic rings. The third-order valence-electron chi connectivity index (χ3n) is 6.95. The van der Waals surface area contributed by atoms with Crippen molar-refractivity contribution in [2.75, 3.05) is 0 Å². The van der Waals surface area contributed by atoms with Gasteiger partial charge in [-0.15, -0.1) is 0 Å². The highest BCUT2D eigenvalue weighted by Crippen LogP contribution is 2.40. The molecule has 41 heavy (non-hydrogen) atoms. The van der Waals surface area contributed by atoms with E-state index in [9.17, 15) is 19.8 Å². The molecule has 0 radical (unpaired) electrons. The summed E-state index contributed by atoms with van der Waals surface area (Å²) in [5.74, 6) is 5.69. The van der Waals surface area contributed by atoms with Crippen molar-refractivity contribution in [3.63, 3.8) is 0 Å². The van der Waals surface area contributed by atoms with Crippen molar-refractivity contribution in [1.29, 1.82) is 0 Å².